The van der Waals surface area contributed by atoms with Crippen LogP contribution in [0.2, 0.25) is 0 Å². The molecule has 0 saturated heterocycles. The predicted octanol–water partition coefficient (Wildman–Crippen LogP) is 11.2. The lowest BCUT2D eigenvalue weighted by atomic mass is 9.82. The lowest BCUT2D eigenvalue weighted by molar-refractivity contribution is -0.141. The molecular formula is C47H63NO8. The van der Waals surface area contributed by atoms with Crippen molar-refractivity contribution in [2.45, 2.75) is 117 Å². The molecule has 0 heterocycles. The summed E-state index contributed by atoms with van der Waals surface area (Å²) >= 11 is 0. The molecule has 0 spiro atoms. The van der Waals surface area contributed by atoms with Gasteiger partial charge in [-0.1, -0.05) is 52.4 Å². The summed E-state index contributed by atoms with van der Waals surface area (Å²) in [7, 11) is 0. The lowest BCUT2D eigenvalue weighted by Gasteiger charge is -2.27. The van der Waals surface area contributed by atoms with Crippen molar-refractivity contribution < 1.29 is 38.0 Å². The third-order valence-electron chi connectivity index (χ3n) is 11.1. The highest BCUT2D eigenvalue weighted by Crippen LogP contribution is 2.34. The second-order valence-electron chi connectivity index (χ2n) is 15.5. The minimum Gasteiger partial charge on any atom is -0.494 e. The van der Waals surface area contributed by atoms with Crippen LogP contribution in [-0.2, 0) is 9.59 Å². The molecule has 2 fully saturated rings. The van der Waals surface area contributed by atoms with Crippen LogP contribution in [0.5, 0.6) is 34.5 Å². The molecule has 2 aliphatic carbocycles. The Bertz CT molecular complexity index is 1610. The molecule has 0 bridgehead atoms. The number of carbonyl (C=O) groups is 2. The van der Waals surface area contributed by atoms with Gasteiger partial charge in [-0.3, -0.25) is 9.59 Å². The number of hydrogen-bond acceptors (Lipinski definition) is 9. The highest BCUT2D eigenvalue weighted by molar-refractivity contribution is 5.82. The maximum absolute atomic E-state index is 12.9. The van der Waals surface area contributed by atoms with Crippen LogP contribution in [-0.4, -0.2) is 44.6 Å². The van der Waals surface area contributed by atoms with Crippen LogP contribution in [0, 0.1) is 29.1 Å². The van der Waals surface area contributed by atoms with E-state index in [9.17, 15) is 9.59 Å². The van der Waals surface area contributed by atoms with Gasteiger partial charge in [0, 0.05) is 11.8 Å². The van der Waals surface area contributed by atoms with E-state index in [0.717, 1.165) is 75.7 Å². The Morgan fingerprint density at radius 1 is 0.536 bits per heavy atom. The summed E-state index contributed by atoms with van der Waals surface area (Å²) in [6.07, 6.45) is 17.2. The van der Waals surface area contributed by atoms with Crippen LogP contribution in [0.4, 0.5) is 0 Å². The first kappa shape index (κ1) is 42.6. The van der Waals surface area contributed by atoms with Crippen LogP contribution >= 0.6 is 0 Å². The zero-order chi connectivity index (χ0) is 39.4. The minimum absolute atomic E-state index is 0.112. The zero-order valence-electron chi connectivity index (χ0n) is 33.6. The molecule has 304 valence electrons. The summed E-state index contributed by atoms with van der Waals surface area (Å²) in [5, 5.41) is 7.99. The fraction of sp³-hybridized carbons (Fsp3) is 0.553. The molecule has 1 N–H and O–H groups in total. The van der Waals surface area contributed by atoms with Gasteiger partial charge in [0.05, 0.1) is 38.3 Å². The van der Waals surface area contributed by atoms with Crippen molar-refractivity contribution in [2.24, 2.45) is 23.7 Å². The molecular weight excluding hydrogens is 707 g/mol. The van der Waals surface area contributed by atoms with Gasteiger partial charge in [-0.25, -0.2) is 0 Å². The van der Waals surface area contributed by atoms with Crippen LogP contribution < -0.4 is 28.4 Å². The fourth-order valence-electron chi connectivity index (χ4n) is 7.46. The van der Waals surface area contributed by atoms with Crippen LogP contribution in [0.3, 0.4) is 0 Å². The second-order valence-corrected chi connectivity index (χ2v) is 15.5. The smallest absolute Gasteiger partial charge is 0.314 e. The number of esters is 2. The SMILES string of the molecule is CCCCCCOc1ccc(OC(=O)C2CCC(COc3ccc(OCC4CCC(C(=O)Oc5ccc(OCCCCCC)cc5)CC4)c(C=N)c3)CC2)cc1. The maximum Gasteiger partial charge on any atom is 0.314 e. The summed E-state index contributed by atoms with van der Waals surface area (Å²) in [5.74, 6) is 4.16. The molecule has 0 amide bonds. The van der Waals surface area contributed by atoms with Gasteiger partial charge in [0.1, 0.15) is 34.5 Å². The van der Waals surface area contributed by atoms with Crippen molar-refractivity contribution in [1.29, 1.82) is 5.41 Å². The molecule has 3 aromatic carbocycles. The average Bonchev–Trinajstić information content (AvgIpc) is 3.23. The molecule has 5 rings (SSSR count). The Labute approximate surface area is 334 Å². The summed E-state index contributed by atoms with van der Waals surface area (Å²) in [4.78, 5) is 25.8. The number of unbranched alkanes of at least 4 members (excludes halogenated alkanes) is 6. The van der Waals surface area contributed by atoms with Crippen molar-refractivity contribution in [3.8, 4) is 34.5 Å². The van der Waals surface area contributed by atoms with Gasteiger partial charge < -0.3 is 33.8 Å². The molecule has 0 atom stereocenters. The topological polar surface area (TPSA) is 113 Å². The molecule has 2 aliphatic rings. The molecule has 0 aromatic heterocycles. The number of carbonyl (C=O) groups excluding carboxylic acids is 2. The molecule has 0 aliphatic heterocycles. The number of hydrogen-bond donors (Lipinski definition) is 1. The first-order chi connectivity index (χ1) is 27.4. The third-order valence-corrected chi connectivity index (χ3v) is 11.1. The van der Waals surface area contributed by atoms with Crippen molar-refractivity contribution in [2.75, 3.05) is 26.4 Å². The average molecular weight is 770 g/mol. The van der Waals surface area contributed by atoms with Gasteiger partial charge in [-0.05, 0) is 143 Å². The van der Waals surface area contributed by atoms with Crippen LogP contribution in [0.25, 0.3) is 0 Å². The van der Waals surface area contributed by atoms with Gasteiger partial charge in [0.15, 0.2) is 0 Å². The van der Waals surface area contributed by atoms with E-state index in [1.54, 1.807) is 24.3 Å². The van der Waals surface area contributed by atoms with Gasteiger partial charge in [0.25, 0.3) is 0 Å². The summed E-state index contributed by atoms with van der Waals surface area (Å²) in [5.41, 5.74) is 0.672. The predicted molar refractivity (Wildman–Crippen MR) is 220 cm³/mol. The summed E-state index contributed by atoms with van der Waals surface area (Å²) < 4.78 is 35.3. The molecule has 3 aromatic rings. The van der Waals surface area contributed by atoms with E-state index in [-0.39, 0.29) is 23.8 Å². The van der Waals surface area contributed by atoms with E-state index in [1.807, 2.05) is 42.5 Å². The summed E-state index contributed by atoms with van der Waals surface area (Å²) in [6, 6.07) is 20.3. The van der Waals surface area contributed by atoms with Crippen molar-refractivity contribution in [3.63, 3.8) is 0 Å². The molecule has 2 saturated carbocycles. The number of ether oxygens (including phenoxy) is 6. The third kappa shape index (κ3) is 14.2. The quantitative estimate of drug-likeness (QED) is 0.0439. The maximum atomic E-state index is 12.9. The molecule has 56 heavy (non-hydrogen) atoms. The minimum atomic E-state index is -0.175. The Balaban J connectivity index is 0.957. The zero-order valence-corrected chi connectivity index (χ0v) is 33.6. The monoisotopic (exact) mass is 769 g/mol. The summed E-state index contributed by atoms with van der Waals surface area (Å²) in [6.45, 7) is 6.89. The lowest BCUT2D eigenvalue weighted by Crippen LogP contribution is -2.28. The van der Waals surface area contributed by atoms with Gasteiger partial charge >= 0.3 is 11.9 Å². The van der Waals surface area contributed by atoms with E-state index in [0.29, 0.717) is 66.8 Å². The van der Waals surface area contributed by atoms with Gasteiger partial charge in [0.2, 0.25) is 0 Å². The van der Waals surface area contributed by atoms with Crippen LogP contribution in [0.15, 0.2) is 66.7 Å². The Morgan fingerprint density at radius 3 is 1.41 bits per heavy atom. The Hall–Kier alpha value is -4.53. The molecule has 0 radical (unpaired) electrons. The normalized spacial score (nSPS) is 19.4. The Morgan fingerprint density at radius 2 is 0.964 bits per heavy atom. The van der Waals surface area contributed by atoms with Crippen molar-refractivity contribution >= 4 is 18.2 Å². The first-order valence-electron chi connectivity index (χ1n) is 21.2. The van der Waals surface area contributed by atoms with Crippen molar-refractivity contribution in [1.82, 2.24) is 0 Å². The number of benzene rings is 3. The van der Waals surface area contributed by atoms with Gasteiger partial charge in [-0.15, -0.1) is 0 Å². The van der Waals surface area contributed by atoms with E-state index < -0.39 is 0 Å². The highest BCUT2D eigenvalue weighted by Gasteiger charge is 2.29. The molecule has 9 heteroatoms. The second kappa shape index (κ2) is 23.5. The van der Waals surface area contributed by atoms with Gasteiger partial charge in [-0.2, -0.15) is 0 Å². The van der Waals surface area contributed by atoms with E-state index in [1.165, 1.54) is 44.7 Å². The molecule has 9 nitrogen and oxygen atoms in total. The van der Waals surface area contributed by atoms with E-state index >= 15 is 0 Å². The van der Waals surface area contributed by atoms with E-state index in [2.05, 4.69) is 13.8 Å². The molecule has 0 unspecified atom stereocenters. The number of rotatable bonds is 23. The van der Waals surface area contributed by atoms with E-state index in [4.69, 9.17) is 33.8 Å². The Kier molecular flexibility index (Phi) is 17.9. The van der Waals surface area contributed by atoms with Crippen LogP contribution in [0.1, 0.15) is 122 Å². The first-order valence-corrected chi connectivity index (χ1v) is 21.2. The van der Waals surface area contributed by atoms with Crippen molar-refractivity contribution in [3.05, 3.63) is 72.3 Å². The standard InChI is InChI=1S/C47H63NO8/c1-3-5-7-9-29-51-40-19-23-42(24-20-40)55-46(49)37-15-11-35(12-16-37)33-53-44-27-28-45(39(31-44)32-48)54-34-36-13-17-38(18-14-36)47(50)56-43-25-21-41(22-26-43)52-30-10-8-6-4-2/h19-28,31-32,35-38,48H,3-18,29-30,33-34H2,1-2H3. The largest absolute Gasteiger partial charge is 0.494 e. The fourth-order valence-corrected chi connectivity index (χ4v) is 7.46. The highest BCUT2D eigenvalue weighted by atomic mass is 16.5. The number of nitrogens with one attached hydrogen (secondary N) is 1.